The van der Waals surface area contributed by atoms with Gasteiger partial charge in [0.2, 0.25) is 0 Å². The highest BCUT2D eigenvalue weighted by atomic mass is 16.2. The van der Waals surface area contributed by atoms with Crippen LogP contribution in [-0.4, -0.2) is 41.5 Å². The van der Waals surface area contributed by atoms with Crippen molar-refractivity contribution in [3.05, 3.63) is 0 Å². The molecule has 2 aliphatic rings. The predicted molar refractivity (Wildman–Crippen MR) is 69.9 cm³/mol. The second-order valence-electron chi connectivity index (χ2n) is 5.70. The fraction of sp³-hybridized carbons (Fsp3) is 0.857. The topological polar surface area (TPSA) is 47.3 Å². The lowest BCUT2D eigenvalue weighted by molar-refractivity contribution is 0.121. The van der Waals surface area contributed by atoms with E-state index >= 15 is 0 Å². The number of amides is 2. The lowest BCUT2D eigenvalue weighted by atomic mass is 10.0. The third-order valence-electron chi connectivity index (χ3n) is 4.18. The Morgan fingerprint density at radius 1 is 1.33 bits per heavy atom. The minimum atomic E-state index is 0.0926. The van der Waals surface area contributed by atoms with E-state index in [9.17, 15) is 4.79 Å². The maximum absolute atomic E-state index is 12.5. The standard InChI is InChI=1S/C14H23N3O/c1-12-5-4-9-16(11-12)14(18)17(10-8-15)13-6-2-3-7-13/h12-13H,2-7,9-11H2,1H3. The molecule has 0 radical (unpaired) electrons. The van der Waals surface area contributed by atoms with Crippen molar-refractivity contribution in [3.63, 3.8) is 0 Å². The molecular formula is C14H23N3O. The Morgan fingerprint density at radius 2 is 2.06 bits per heavy atom. The molecule has 2 rings (SSSR count). The van der Waals surface area contributed by atoms with E-state index in [-0.39, 0.29) is 12.6 Å². The van der Waals surface area contributed by atoms with Crippen molar-refractivity contribution in [1.82, 2.24) is 9.80 Å². The molecular weight excluding hydrogens is 226 g/mol. The van der Waals surface area contributed by atoms with E-state index in [1.165, 1.54) is 19.3 Å². The molecule has 0 N–H and O–H groups in total. The van der Waals surface area contributed by atoms with Crippen molar-refractivity contribution in [1.29, 1.82) is 5.26 Å². The van der Waals surface area contributed by atoms with E-state index in [0.29, 0.717) is 12.0 Å². The van der Waals surface area contributed by atoms with E-state index in [4.69, 9.17) is 5.26 Å². The van der Waals surface area contributed by atoms with Crippen LogP contribution in [0, 0.1) is 17.2 Å². The van der Waals surface area contributed by atoms with Crippen LogP contribution in [0.5, 0.6) is 0 Å². The van der Waals surface area contributed by atoms with Crippen LogP contribution in [0.1, 0.15) is 45.4 Å². The molecule has 100 valence electrons. The average Bonchev–Trinajstić information content (AvgIpc) is 2.89. The minimum absolute atomic E-state index is 0.0926. The first kappa shape index (κ1) is 13.2. The number of likely N-dealkylation sites (tertiary alicyclic amines) is 1. The second kappa shape index (κ2) is 6.08. The van der Waals surface area contributed by atoms with Crippen LogP contribution < -0.4 is 0 Å². The summed E-state index contributed by atoms with van der Waals surface area (Å²) >= 11 is 0. The van der Waals surface area contributed by atoms with Crippen LogP contribution in [-0.2, 0) is 0 Å². The molecule has 1 unspecified atom stereocenters. The molecule has 1 heterocycles. The van der Waals surface area contributed by atoms with E-state index in [1.807, 2.05) is 9.80 Å². The third-order valence-corrected chi connectivity index (χ3v) is 4.18. The normalized spacial score (nSPS) is 24.9. The average molecular weight is 249 g/mol. The monoisotopic (exact) mass is 249 g/mol. The van der Waals surface area contributed by atoms with E-state index in [1.54, 1.807) is 0 Å². The molecule has 4 heteroatoms. The van der Waals surface area contributed by atoms with Gasteiger partial charge in [-0.2, -0.15) is 5.26 Å². The molecule has 2 fully saturated rings. The van der Waals surface area contributed by atoms with Crippen LogP contribution in [0.2, 0.25) is 0 Å². The summed E-state index contributed by atoms with van der Waals surface area (Å²) in [5, 5.41) is 8.93. The van der Waals surface area contributed by atoms with Crippen molar-refractivity contribution < 1.29 is 4.79 Å². The fourth-order valence-corrected chi connectivity index (χ4v) is 3.19. The first-order chi connectivity index (χ1) is 8.72. The highest BCUT2D eigenvalue weighted by Crippen LogP contribution is 2.25. The van der Waals surface area contributed by atoms with Crippen LogP contribution >= 0.6 is 0 Å². The first-order valence-corrected chi connectivity index (χ1v) is 7.15. The molecule has 1 aliphatic carbocycles. The zero-order chi connectivity index (χ0) is 13.0. The van der Waals surface area contributed by atoms with Gasteiger partial charge >= 0.3 is 6.03 Å². The van der Waals surface area contributed by atoms with E-state index < -0.39 is 0 Å². The minimum Gasteiger partial charge on any atom is -0.324 e. The highest BCUT2D eigenvalue weighted by molar-refractivity contribution is 5.75. The number of carbonyl (C=O) groups excluding carboxylic acids is 1. The summed E-state index contributed by atoms with van der Waals surface area (Å²) in [4.78, 5) is 16.3. The summed E-state index contributed by atoms with van der Waals surface area (Å²) in [5.74, 6) is 0.593. The van der Waals surface area contributed by atoms with Crippen LogP contribution in [0.15, 0.2) is 0 Å². The first-order valence-electron chi connectivity index (χ1n) is 7.15. The smallest absolute Gasteiger partial charge is 0.321 e. The Bertz CT molecular complexity index is 330. The molecule has 0 aromatic rings. The zero-order valence-corrected chi connectivity index (χ0v) is 11.3. The molecule has 0 bridgehead atoms. The van der Waals surface area contributed by atoms with Gasteiger partial charge in [0.1, 0.15) is 6.54 Å². The Balaban J connectivity index is 2.00. The molecule has 1 saturated heterocycles. The molecule has 18 heavy (non-hydrogen) atoms. The third kappa shape index (κ3) is 2.95. The van der Waals surface area contributed by atoms with Gasteiger partial charge in [-0.1, -0.05) is 19.8 Å². The van der Waals surface area contributed by atoms with E-state index in [0.717, 1.165) is 32.4 Å². The van der Waals surface area contributed by atoms with Crippen molar-refractivity contribution in [2.24, 2.45) is 5.92 Å². The summed E-state index contributed by atoms with van der Waals surface area (Å²) in [7, 11) is 0. The number of nitriles is 1. The number of nitrogens with zero attached hydrogens (tertiary/aromatic N) is 3. The van der Waals surface area contributed by atoms with Gasteiger partial charge < -0.3 is 9.80 Å². The largest absolute Gasteiger partial charge is 0.324 e. The van der Waals surface area contributed by atoms with Crippen molar-refractivity contribution >= 4 is 6.03 Å². The van der Waals surface area contributed by atoms with Gasteiger partial charge in [0.25, 0.3) is 0 Å². The summed E-state index contributed by atoms with van der Waals surface area (Å²) < 4.78 is 0. The molecule has 0 spiro atoms. The quantitative estimate of drug-likeness (QED) is 0.706. The highest BCUT2D eigenvalue weighted by Gasteiger charge is 2.31. The summed E-state index contributed by atoms with van der Waals surface area (Å²) in [6, 6.07) is 2.55. The Hall–Kier alpha value is -1.24. The maximum atomic E-state index is 12.5. The number of hydrogen-bond donors (Lipinski definition) is 0. The van der Waals surface area contributed by atoms with Crippen LogP contribution in [0.3, 0.4) is 0 Å². The van der Waals surface area contributed by atoms with Crippen molar-refractivity contribution in [2.75, 3.05) is 19.6 Å². The van der Waals surface area contributed by atoms with Crippen molar-refractivity contribution in [2.45, 2.75) is 51.5 Å². The second-order valence-corrected chi connectivity index (χ2v) is 5.70. The Labute approximate surface area is 110 Å². The van der Waals surface area contributed by atoms with Gasteiger partial charge in [-0.3, -0.25) is 0 Å². The Kier molecular flexibility index (Phi) is 4.46. The lowest BCUT2D eigenvalue weighted by Gasteiger charge is -2.37. The molecule has 0 aromatic carbocycles. The molecule has 4 nitrogen and oxygen atoms in total. The van der Waals surface area contributed by atoms with Gasteiger partial charge in [-0.25, -0.2) is 4.79 Å². The molecule has 2 amide bonds. The summed E-state index contributed by atoms with van der Waals surface area (Å²) in [6.45, 7) is 4.16. The van der Waals surface area contributed by atoms with Gasteiger partial charge in [-0.15, -0.1) is 0 Å². The number of piperidine rings is 1. The SMILES string of the molecule is CC1CCCN(C(=O)N(CC#N)C2CCCC2)C1. The fourth-order valence-electron chi connectivity index (χ4n) is 3.19. The number of urea groups is 1. The van der Waals surface area contributed by atoms with Gasteiger partial charge in [-0.05, 0) is 31.6 Å². The van der Waals surface area contributed by atoms with Gasteiger partial charge in [0.15, 0.2) is 0 Å². The summed E-state index contributed by atoms with van der Waals surface area (Å²) in [6.07, 6.45) is 6.82. The molecule has 1 aliphatic heterocycles. The zero-order valence-electron chi connectivity index (χ0n) is 11.3. The predicted octanol–water partition coefficient (Wildman–Crippen LogP) is 2.61. The summed E-state index contributed by atoms with van der Waals surface area (Å²) in [5.41, 5.74) is 0. The van der Waals surface area contributed by atoms with Crippen LogP contribution in [0.25, 0.3) is 0 Å². The molecule has 1 saturated carbocycles. The van der Waals surface area contributed by atoms with Gasteiger partial charge in [0, 0.05) is 19.1 Å². The maximum Gasteiger partial charge on any atom is 0.321 e. The number of carbonyl (C=O) groups is 1. The number of hydrogen-bond acceptors (Lipinski definition) is 2. The van der Waals surface area contributed by atoms with E-state index in [2.05, 4.69) is 13.0 Å². The van der Waals surface area contributed by atoms with Crippen molar-refractivity contribution in [3.8, 4) is 6.07 Å². The van der Waals surface area contributed by atoms with Gasteiger partial charge in [0.05, 0.1) is 6.07 Å². The molecule has 1 atom stereocenters. The van der Waals surface area contributed by atoms with Crippen LogP contribution in [0.4, 0.5) is 4.79 Å². The Morgan fingerprint density at radius 3 is 2.67 bits per heavy atom. The number of rotatable bonds is 2. The lowest BCUT2D eigenvalue weighted by Crippen LogP contribution is -2.50. The molecule has 0 aromatic heterocycles.